The Morgan fingerprint density at radius 2 is 2.00 bits per heavy atom. The van der Waals surface area contributed by atoms with E-state index in [0.717, 1.165) is 31.6 Å². The maximum absolute atomic E-state index is 12.4. The zero-order valence-electron chi connectivity index (χ0n) is 13.7. The molecule has 21 heavy (non-hydrogen) atoms. The number of rotatable bonds is 4. The summed E-state index contributed by atoms with van der Waals surface area (Å²) in [4.78, 5) is 12.4. The molecule has 0 saturated carbocycles. The van der Waals surface area contributed by atoms with Crippen molar-refractivity contribution in [3.05, 3.63) is 29.3 Å². The van der Waals surface area contributed by atoms with Gasteiger partial charge in [-0.1, -0.05) is 39.8 Å². The van der Waals surface area contributed by atoms with Gasteiger partial charge in [0.1, 0.15) is 0 Å². The topological polar surface area (TPSA) is 41.1 Å². The number of carbonyl (C=O) groups excluding carboxylic acids is 1. The first-order chi connectivity index (χ1) is 9.99. The molecule has 1 heterocycles. The lowest BCUT2D eigenvalue weighted by molar-refractivity contribution is -0.120. The molecule has 0 spiro atoms. The monoisotopic (exact) mass is 288 g/mol. The van der Waals surface area contributed by atoms with Crippen molar-refractivity contribution in [1.82, 2.24) is 5.32 Å². The van der Waals surface area contributed by atoms with Crippen molar-refractivity contribution < 1.29 is 4.79 Å². The molecule has 1 aliphatic heterocycles. The summed E-state index contributed by atoms with van der Waals surface area (Å²) in [5, 5.41) is 6.45. The molecule has 1 saturated heterocycles. The summed E-state index contributed by atoms with van der Waals surface area (Å²) >= 11 is 0. The fourth-order valence-corrected chi connectivity index (χ4v) is 2.84. The Morgan fingerprint density at radius 3 is 2.57 bits per heavy atom. The minimum Gasteiger partial charge on any atom is -0.326 e. The lowest BCUT2D eigenvalue weighted by atomic mass is 9.93. The van der Waals surface area contributed by atoms with Crippen LogP contribution in [0.15, 0.2) is 18.2 Å². The third-order valence-corrected chi connectivity index (χ3v) is 4.29. The highest BCUT2D eigenvalue weighted by molar-refractivity contribution is 5.93. The molecular weight excluding hydrogens is 260 g/mol. The highest BCUT2D eigenvalue weighted by atomic mass is 16.1. The molecule has 3 nitrogen and oxygen atoms in total. The van der Waals surface area contributed by atoms with Gasteiger partial charge in [-0.3, -0.25) is 4.79 Å². The maximum Gasteiger partial charge on any atom is 0.228 e. The first kappa shape index (κ1) is 16.0. The van der Waals surface area contributed by atoms with Crippen LogP contribution >= 0.6 is 0 Å². The largest absolute Gasteiger partial charge is 0.326 e. The van der Waals surface area contributed by atoms with Gasteiger partial charge >= 0.3 is 0 Å². The van der Waals surface area contributed by atoms with E-state index in [4.69, 9.17) is 0 Å². The maximum atomic E-state index is 12.4. The van der Waals surface area contributed by atoms with Crippen LogP contribution < -0.4 is 10.6 Å². The van der Waals surface area contributed by atoms with Crippen LogP contribution in [-0.4, -0.2) is 19.0 Å². The molecule has 1 aromatic carbocycles. The standard InChI is InChI=1S/C18H28N2O/c1-12(2)14-7-8-17(16(10-14)13(3)4)20-18(21)15-6-5-9-19-11-15/h7-8,10,12-13,15,19H,5-6,9,11H2,1-4H3,(H,20,21). The predicted octanol–water partition coefficient (Wildman–Crippen LogP) is 3.87. The average molecular weight is 288 g/mol. The second-order valence-corrected chi connectivity index (χ2v) is 6.69. The third-order valence-electron chi connectivity index (χ3n) is 4.29. The van der Waals surface area contributed by atoms with Crippen molar-refractivity contribution in [2.75, 3.05) is 18.4 Å². The Morgan fingerprint density at radius 1 is 1.24 bits per heavy atom. The van der Waals surface area contributed by atoms with E-state index in [1.807, 2.05) is 0 Å². The second-order valence-electron chi connectivity index (χ2n) is 6.69. The Hall–Kier alpha value is -1.35. The summed E-state index contributed by atoms with van der Waals surface area (Å²) in [7, 11) is 0. The van der Waals surface area contributed by atoms with Crippen molar-refractivity contribution in [3.63, 3.8) is 0 Å². The fraction of sp³-hybridized carbons (Fsp3) is 0.611. The number of anilines is 1. The second kappa shape index (κ2) is 7.08. The third kappa shape index (κ3) is 4.07. The van der Waals surface area contributed by atoms with E-state index >= 15 is 0 Å². The van der Waals surface area contributed by atoms with Gasteiger partial charge in [-0.15, -0.1) is 0 Å². The van der Waals surface area contributed by atoms with Crippen molar-refractivity contribution in [3.8, 4) is 0 Å². The van der Waals surface area contributed by atoms with Crippen molar-refractivity contribution in [2.24, 2.45) is 5.92 Å². The van der Waals surface area contributed by atoms with Gasteiger partial charge in [0.15, 0.2) is 0 Å². The van der Waals surface area contributed by atoms with Crippen molar-refractivity contribution >= 4 is 11.6 Å². The van der Waals surface area contributed by atoms with Gasteiger partial charge in [0.25, 0.3) is 0 Å². The van der Waals surface area contributed by atoms with Crippen LogP contribution in [0.2, 0.25) is 0 Å². The Bertz CT molecular complexity index is 488. The molecule has 116 valence electrons. The van der Waals surface area contributed by atoms with E-state index in [1.54, 1.807) is 0 Å². The quantitative estimate of drug-likeness (QED) is 0.883. The smallest absolute Gasteiger partial charge is 0.228 e. The van der Waals surface area contributed by atoms with Gasteiger partial charge in [-0.05, 0) is 48.4 Å². The predicted molar refractivity (Wildman–Crippen MR) is 88.8 cm³/mol. The number of nitrogens with one attached hydrogen (secondary N) is 2. The Balaban J connectivity index is 2.16. The summed E-state index contributed by atoms with van der Waals surface area (Å²) in [5.74, 6) is 1.17. The highest BCUT2D eigenvalue weighted by Gasteiger charge is 2.22. The molecule has 1 aromatic rings. The van der Waals surface area contributed by atoms with Crippen LogP contribution in [0.25, 0.3) is 0 Å². The normalized spacial score (nSPS) is 19.0. The van der Waals surface area contributed by atoms with E-state index in [1.165, 1.54) is 11.1 Å². The molecule has 2 rings (SSSR count). The highest BCUT2D eigenvalue weighted by Crippen LogP contribution is 2.29. The summed E-state index contributed by atoms with van der Waals surface area (Å²) in [6, 6.07) is 6.44. The number of benzene rings is 1. The van der Waals surface area contributed by atoms with Crippen molar-refractivity contribution in [2.45, 2.75) is 52.4 Å². The molecule has 1 atom stereocenters. The summed E-state index contributed by atoms with van der Waals surface area (Å²) < 4.78 is 0. The number of hydrogen-bond donors (Lipinski definition) is 2. The van der Waals surface area contributed by atoms with Gasteiger partial charge in [0, 0.05) is 12.2 Å². The summed E-state index contributed by atoms with van der Waals surface area (Å²) in [6.07, 6.45) is 2.07. The zero-order chi connectivity index (χ0) is 15.4. The number of carbonyl (C=O) groups is 1. The number of amides is 1. The molecule has 1 amide bonds. The molecule has 1 aliphatic rings. The molecule has 1 fully saturated rings. The van der Waals surface area contributed by atoms with Crippen LogP contribution in [0.1, 0.15) is 63.5 Å². The lowest BCUT2D eigenvalue weighted by Gasteiger charge is -2.23. The van der Waals surface area contributed by atoms with Crippen LogP contribution in [0, 0.1) is 5.92 Å². The molecule has 0 radical (unpaired) electrons. The SMILES string of the molecule is CC(C)c1ccc(NC(=O)C2CCCNC2)c(C(C)C)c1. The molecule has 1 unspecified atom stereocenters. The molecule has 0 bridgehead atoms. The van der Waals surface area contributed by atoms with Gasteiger partial charge in [0.2, 0.25) is 5.91 Å². The van der Waals surface area contributed by atoms with Gasteiger partial charge in [-0.2, -0.15) is 0 Å². The van der Waals surface area contributed by atoms with E-state index < -0.39 is 0 Å². The van der Waals surface area contributed by atoms with E-state index in [2.05, 4.69) is 56.5 Å². The zero-order valence-corrected chi connectivity index (χ0v) is 13.7. The first-order valence-electron chi connectivity index (χ1n) is 8.14. The minimum atomic E-state index is 0.100. The van der Waals surface area contributed by atoms with E-state index in [9.17, 15) is 4.79 Å². The van der Waals surface area contributed by atoms with Crippen LogP contribution in [0.5, 0.6) is 0 Å². The van der Waals surface area contributed by atoms with Gasteiger partial charge < -0.3 is 10.6 Å². The first-order valence-corrected chi connectivity index (χ1v) is 8.14. The van der Waals surface area contributed by atoms with Gasteiger partial charge in [0.05, 0.1) is 5.92 Å². The summed E-state index contributed by atoms with van der Waals surface area (Å²) in [6.45, 7) is 10.6. The molecule has 0 aliphatic carbocycles. The minimum absolute atomic E-state index is 0.100. The molecule has 2 N–H and O–H groups in total. The molecule has 3 heteroatoms. The fourth-order valence-electron chi connectivity index (χ4n) is 2.84. The van der Waals surface area contributed by atoms with Crippen LogP contribution in [0.4, 0.5) is 5.69 Å². The lowest BCUT2D eigenvalue weighted by Crippen LogP contribution is -2.37. The summed E-state index contributed by atoms with van der Waals surface area (Å²) in [5.41, 5.74) is 3.54. The Labute approximate surface area is 128 Å². The van der Waals surface area contributed by atoms with E-state index in [-0.39, 0.29) is 11.8 Å². The van der Waals surface area contributed by atoms with Crippen LogP contribution in [-0.2, 0) is 4.79 Å². The Kier molecular flexibility index (Phi) is 5.40. The number of piperidine rings is 1. The van der Waals surface area contributed by atoms with Crippen molar-refractivity contribution in [1.29, 1.82) is 0 Å². The van der Waals surface area contributed by atoms with E-state index in [0.29, 0.717) is 11.8 Å². The van der Waals surface area contributed by atoms with Gasteiger partial charge in [-0.25, -0.2) is 0 Å². The molecule has 0 aromatic heterocycles. The molecular formula is C18H28N2O. The van der Waals surface area contributed by atoms with Crippen LogP contribution in [0.3, 0.4) is 0 Å². The number of hydrogen-bond acceptors (Lipinski definition) is 2. The average Bonchev–Trinajstić information content (AvgIpc) is 2.48.